The summed E-state index contributed by atoms with van der Waals surface area (Å²) in [6.07, 6.45) is 5.53. The first kappa shape index (κ1) is 15.0. The molecule has 3 heterocycles. The Hall–Kier alpha value is -1.43. The van der Waals surface area contributed by atoms with E-state index < -0.39 is 0 Å². The van der Waals surface area contributed by atoms with Gasteiger partial charge in [0.1, 0.15) is 0 Å². The first-order chi connectivity index (χ1) is 9.24. The summed E-state index contributed by atoms with van der Waals surface area (Å²) in [6.45, 7) is 5.11. The Morgan fingerprint density at radius 3 is 2.90 bits per heavy atom. The normalized spacial score (nSPS) is 22.7. The molecule has 0 radical (unpaired) electrons. The Morgan fingerprint density at radius 2 is 2.25 bits per heavy atom. The lowest BCUT2D eigenvalue weighted by atomic mass is 10.1. The molecule has 1 saturated heterocycles. The Morgan fingerprint density at radius 1 is 1.40 bits per heavy atom. The van der Waals surface area contributed by atoms with Crippen molar-refractivity contribution >= 4 is 12.4 Å². The molecular formula is C14H20ClN5. The molecule has 20 heavy (non-hydrogen) atoms. The van der Waals surface area contributed by atoms with Crippen LogP contribution < -0.4 is 5.73 Å². The maximum atomic E-state index is 6.07. The fourth-order valence-electron chi connectivity index (χ4n) is 2.66. The van der Waals surface area contributed by atoms with Crippen LogP contribution in [0, 0.1) is 5.92 Å². The van der Waals surface area contributed by atoms with Gasteiger partial charge in [-0.2, -0.15) is 5.10 Å². The van der Waals surface area contributed by atoms with Gasteiger partial charge in [0, 0.05) is 49.2 Å². The summed E-state index contributed by atoms with van der Waals surface area (Å²) in [5.41, 5.74) is 9.41. The second-order valence-electron chi connectivity index (χ2n) is 5.35. The molecule has 1 fully saturated rings. The Kier molecular flexibility index (Phi) is 4.75. The molecule has 0 spiro atoms. The van der Waals surface area contributed by atoms with E-state index in [1.54, 1.807) is 6.20 Å². The molecule has 0 amide bonds. The van der Waals surface area contributed by atoms with E-state index >= 15 is 0 Å². The van der Waals surface area contributed by atoms with Crippen molar-refractivity contribution in [3.63, 3.8) is 0 Å². The third-order valence-electron chi connectivity index (χ3n) is 3.81. The number of hydrogen-bond donors (Lipinski definition) is 2. The van der Waals surface area contributed by atoms with Crippen LogP contribution in [0.2, 0.25) is 0 Å². The third kappa shape index (κ3) is 3.00. The Bertz CT molecular complexity index is 532. The smallest absolute Gasteiger partial charge is 0.0710 e. The van der Waals surface area contributed by atoms with Crippen molar-refractivity contribution in [2.24, 2.45) is 11.7 Å². The zero-order valence-corrected chi connectivity index (χ0v) is 12.3. The van der Waals surface area contributed by atoms with Gasteiger partial charge in [0.2, 0.25) is 0 Å². The number of hydrogen-bond acceptors (Lipinski definition) is 4. The Balaban J connectivity index is 0.00000147. The minimum atomic E-state index is 0. The second-order valence-corrected chi connectivity index (χ2v) is 5.35. The maximum Gasteiger partial charge on any atom is 0.0710 e. The lowest BCUT2D eigenvalue weighted by Gasteiger charge is -2.15. The van der Waals surface area contributed by atoms with E-state index in [0.29, 0.717) is 5.92 Å². The highest BCUT2D eigenvalue weighted by Crippen LogP contribution is 2.23. The first-order valence-corrected chi connectivity index (χ1v) is 6.64. The fraction of sp³-hybridized carbons (Fsp3) is 0.429. The molecule has 2 atom stereocenters. The van der Waals surface area contributed by atoms with Crippen molar-refractivity contribution in [1.82, 2.24) is 20.1 Å². The number of aromatic amines is 1. The quantitative estimate of drug-likeness (QED) is 0.903. The summed E-state index contributed by atoms with van der Waals surface area (Å²) >= 11 is 0. The summed E-state index contributed by atoms with van der Waals surface area (Å²) in [5.74, 6) is 0.564. The number of halogens is 1. The van der Waals surface area contributed by atoms with Crippen LogP contribution in [-0.4, -0.2) is 39.2 Å². The van der Waals surface area contributed by atoms with E-state index in [2.05, 4.69) is 27.0 Å². The molecule has 3 rings (SSSR count). The maximum absolute atomic E-state index is 6.07. The van der Waals surface area contributed by atoms with E-state index in [0.717, 1.165) is 30.9 Å². The van der Waals surface area contributed by atoms with Crippen molar-refractivity contribution in [3.8, 4) is 11.3 Å². The van der Waals surface area contributed by atoms with Crippen LogP contribution in [0.4, 0.5) is 0 Å². The third-order valence-corrected chi connectivity index (χ3v) is 3.81. The van der Waals surface area contributed by atoms with Crippen molar-refractivity contribution in [3.05, 3.63) is 36.3 Å². The van der Waals surface area contributed by atoms with Crippen molar-refractivity contribution < 1.29 is 0 Å². The van der Waals surface area contributed by atoms with Crippen molar-refractivity contribution in [2.75, 3.05) is 13.1 Å². The van der Waals surface area contributed by atoms with Gasteiger partial charge >= 0.3 is 0 Å². The molecule has 3 N–H and O–H groups in total. The van der Waals surface area contributed by atoms with Crippen molar-refractivity contribution in [2.45, 2.75) is 19.5 Å². The van der Waals surface area contributed by atoms with Gasteiger partial charge in [0.15, 0.2) is 0 Å². The van der Waals surface area contributed by atoms with Crippen molar-refractivity contribution in [1.29, 1.82) is 0 Å². The average molecular weight is 294 g/mol. The largest absolute Gasteiger partial charge is 0.326 e. The highest BCUT2D eigenvalue weighted by Gasteiger charge is 2.27. The molecule has 108 valence electrons. The van der Waals surface area contributed by atoms with Gasteiger partial charge in [0.25, 0.3) is 0 Å². The molecule has 5 nitrogen and oxygen atoms in total. The molecule has 6 heteroatoms. The minimum Gasteiger partial charge on any atom is -0.326 e. The van der Waals surface area contributed by atoms with Crippen LogP contribution in [0.15, 0.2) is 30.7 Å². The van der Waals surface area contributed by atoms with Crippen LogP contribution >= 0.6 is 12.4 Å². The van der Waals surface area contributed by atoms with Gasteiger partial charge in [-0.25, -0.2) is 0 Å². The SMILES string of the molecule is CC1CN(Cc2cn[nH]c2-c2cccnc2)CC1N.Cl. The molecule has 1 aliphatic rings. The molecule has 2 aromatic heterocycles. The highest BCUT2D eigenvalue weighted by molar-refractivity contribution is 5.85. The predicted octanol–water partition coefficient (Wildman–Crippen LogP) is 1.67. The van der Waals surface area contributed by atoms with Crippen LogP contribution in [0.1, 0.15) is 12.5 Å². The average Bonchev–Trinajstić information content (AvgIpc) is 2.99. The first-order valence-electron chi connectivity index (χ1n) is 6.64. The number of likely N-dealkylation sites (tertiary alicyclic amines) is 1. The number of rotatable bonds is 3. The number of nitrogens with two attached hydrogens (primary N) is 1. The fourth-order valence-corrected chi connectivity index (χ4v) is 2.66. The molecule has 0 saturated carbocycles. The van der Waals surface area contributed by atoms with Crippen LogP contribution in [0.5, 0.6) is 0 Å². The summed E-state index contributed by atoms with van der Waals surface area (Å²) in [6, 6.07) is 4.27. The number of H-pyrrole nitrogens is 1. The molecule has 0 aromatic carbocycles. The van der Waals surface area contributed by atoms with Crippen LogP contribution in [0.25, 0.3) is 11.3 Å². The van der Waals surface area contributed by atoms with Gasteiger partial charge in [-0.3, -0.25) is 15.0 Å². The number of nitrogens with zero attached hydrogens (tertiary/aromatic N) is 3. The Labute approximate surface area is 125 Å². The number of pyridine rings is 1. The zero-order valence-electron chi connectivity index (χ0n) is 11.5. The van der Waals surface area contributed by atoms with E-state index in [1.807, 2.05) is 24.5 Å². The second kappa shape index (κ2) is 6.35. The molecule has 1 aliphatic heterocycles. The number of nitrogens with one attached hydrogen (secondary N) is 1. The summed E-state index contributed by atoms with van der Waals surface area (Å²) in [5, 5.41) is 7.24. The standard InChI is InChI=1S/C14H19N5.ClH/c1-10-7-19(9-13(10)15)8-12-6-17-18-14(12)11-3-2-4-16-5-11;/h2-6,10,13H,7-9,15H2,1H3,(H,17,18);1H. The van der Waals surface area contributed by atoms with Gasteiger partial charge in [-0.15, -0.1) is 12.4 Å². The topological polar surface area (TPSA) is 70.8 Å². The summed E-state index contributed by atoms with van der Waals surface area (Å²) < 4.78 is 0. The van der Waals surface area contributed by atoms with E-state index in [4.69, 9.17) is 5.73 Å². The number of aromatic nitrogens is 3. The van der Waals surface area contributed by atoms with E-state index in [9.17, 15) is 0 Å². The monoisotopic (exact) mass is 293 g/mol. The molecular weight excluding hydrogens is 274 g/mol. The van der Waals surface area contributed by atoms with Gasteiger partial charge < -0.3 is 5.73 Å². The molecule has 0 aliphatic carbocycles. The summed E-state index contributed by atoms with van der Waals surface area (Å²) in [7, 11) is 0. The summed E-state index contributed by atoms with van der Waals surface area (Å²) in [4.78, 5) is 6.55. The minimum absolute atomic E-state index is 0. The van der Waals surface area contributed by atoms with Gasteiger partial charge in [0.05, 0.1) is 11.9 Å². The van der Waals surface area contributed by atoms with Gasteiger partial charge in [-0.1, -0.05) is 6.92 Å². The molecule has 0 bridgehead atoms. The van der Waals surface area contributed by atoms with E-state index in [1.165, 1.54) is 5.56 Å². The van der Waals surface area contributed by atoms with Gasteiger partial charge in [-0.05, 0) is 18.1 Å². The zero-order chi connectivity index (χ0) is 13.2. The predicted molar refractivity (Wildman–Crippen MR) is 81.5 cm³/mol. The molecule has 2 aromatic rings. The lowest BCUT2D eigenvalue weighted by molar-refractivity contribution is 0.319. The highest BCUT2D eigenvalue weighted by atomic mass is 35.5. The van der Waals surface area contributed by atoms with Crippen LogP contribution in [0.3, 0.4) is 0 Å². The molecule has 2 unspecified atom stereocenters. The lowest BCUT2D eigenvalue weighted by Crippen LogP contribution is -2.28. The van der Waals surface area contributed by atoms with Crippen LogP contribution in [-0.2, 0) is 6.54 Å². The van der Waals surface area contributed by atoms with E-state index in [-0.39, 0.29) is 18.4 Å².